The number of rotatable bonds is 2. The molecule has 1 unspecified atom stereocenters. The molecule has 1 aromatic rings. The Labute approximate surface area is 106 Å². The molecule has 16 heavy (non-hydrogen) atoms. The molecule has 4 nitrogen and oxygen atoms in total. The van der Waals surface area contributed by atoms with Crippen LogP contribution in [0.3, 0.4) is 0 Å². The summed E-state index contributed by atoms with van der Waals surface area (Å²) in [6.07, 6.45) is 0.720. The van der Waals surface area contributed by atoms with Crippen molar-refractivity contribution in [3.05, 3.63) is 22.2 Å². The molecule has 0 radical (unpaired) electrons. The lowest BCUT2D eigenvalue weighted by Gasteiger charge is -2.08. The van der Waals surface area contributed by atoms with Gasteiger partial charge in [-0.15, -0.1) is 0 Å². The van der Waals surface area contributed by atoms with Crippen LogP contribution in [0.5, 0.6) is 11.5 Å². The van der Waals surface area contributed by atoms with Crippen LogP contribution in [0.2, 0.25) is 0 Å². The van der Waals surface area contributed by atoms with E-state index in [4.69, 9.17) is 15.4 Å². The van der Waals surface area contributed by atoms with Crippen molar-refractivity contribution >= 4 is 35.9 Å². The zero-order chi connectivity index (χ0) is 11.9. The molecule has 0 spiro atoms. The van der Waals surface area contributed by atoms with Gasteiger partial charge >= 0.3 is 9.33 Å². The molecule has 0 amide bonds. The lowest BCUT2D eigenvalue weighted by molar-refractivity contribution is 0.249. The molecule has 0 aliphatic carbocycles. The van der Waals surface area contributed by atoms with Crippen molar-refractivity contribution in [2.24, 2.45) is 0 Å². The Balaban J connectivity index is 2.47. The Kier molecular flexibility index (Phi) is 3.07. The van der Waals surface area contributed by atoms with E-state index in [0.29, 0.717) is 12.2 Å². The summed E-state index contributed by atoms with van der Waals surface area (Å²) in [6, 6.07) is 3.38. The highest BCUT2D eigenvalue weighted by Crippen LogP contribution is 2.41. The third-order valence-corrected chi connectivity index (χ3v) is 3.14. The van der Waals surface area contributed by atoms with Gasteiger partial charge in [-0.05, 0) is 13.0 Å². The van der Waals surface area contributed by atoms with Crippen LogP contribution in [0.25, 0.3) is 0 Å². The van der Waals surface area contributed by atoms with Gasteiger partial charge < -0.3 is 8.92 Å². The fourth-order valence-corrected chi connectivity index (χ4v) is 2.66. The maximum Gasteiger partial charge on any atom is 0.401 e. The monoisotopic (exact) mass is 326 g/mol. The third kappa shape index (κ3) is 2.61. The summed E-state index contributed by atoms with van der Waals surface area (Å²) >= 11 is 3.27. The Morgan fingerprint density at radius 2 is 2.25 bits per heavy atom. The highest BCUT2D eigenvalue weighted by Gasteiger charge is 2.25. The van der Waals surface area contributed by atoms with Crippen LogP contribution in [-0.4, -0.2) is 14.5 Å². The Bertz CT molecular complexity index is 529. The smallest absolute Gasteiger partial charge is 0.401 e. The summed E-state index contributed by atoms with van der Waals surface area (Å²) < 4.78 is 32.6. The average molecular weight is 328 g/mol. The van der Waals surface area contributed by atoms with Crippen molar-refractivity contribution in [3.63, 3.8) is 0 Å². The molecule has 0 bridgehead atoms. The van der Waals surface area contributed by atoms with Crippen molar-refractivity contribution < 1.29 is 17.3 Å². The molecule has 88 valence electrons. The number of benzene rings is 1. The van der Waals surface area contributed by atoms with Gasteiger partial charge in [0.25, 0.3) is 0 Å². The molecule has 1 aromatic carbocycles. The van der Waals surface area contributed by atoms with Gasteiger partial charge in [0.05, 0.1) is 10.7 Å². The molecule has 2 rings (SSSR count). The van der Waals surface area contributed by atoms with E-state index in [1.807, 2.05) is 13.0 Å². The largest absolute Gasteiger partial charge is 0.486 e. The predicted molar refractivity (Wildman–Crippen MR) is 63.3 cm³/mol. The first-order valence-corrected chi connectivity index (χ1v) is 7.51. The number of hydrogen-bond donors (Lipinski definition) is 0. The highest BCUT2D eigenvalue weighted by atomic mass is 79.9. The second kappa shape index (κ2) is 4.09. The molecule has 1 aliphatic heterocycles. The van der Waals surface area contributed by atoms with Gasteiger partial charge in [-0.3, -0.25) is 0 Å². The fourth-order valence-electron chi connectivity index (χ4n) is 1.63. The lowest BCUT2D eigenvalue weighted by Crippen LogP contribution is -2.06. The van der Waals surface area contributed by atoms with Crippen LogP contribution >= 0.6 is 26.6 Å². The molecule has 0 saturated carbocycles. The summed E-state index contributed by atoms with van der Waals surface area (Å²) in [6.45, 7) is 1.90. The van der Waals surface area contributed by atoms with Crippen molar-refractivity contribution in [1.29, 1.82) is 0 Å². The zero-order valence-electron chi connectivity index (χ0n) is 8.24. The quantitative estimate of drug-likeness (QED) is 0.784. The summed E-state index contributed by atoms with van der Waals surface area (Å²) in [5.74, 6) is 0.559. The van der Waals surface area contributed by atoms with Crippen LogP contribution < -0.4 is 8.92 Å². The second-order valence-electron chi connectivity index (χ2n) is 3.50. The molecule has 1 heterocycles. The summed E-state index contributed by atoms with van der Waals surface area (Å²) in [5, 5.41) is 0. The number of ether oxygens (including phenoxy) is 1. The minimum absolute atomic E-state index is 0.00433. The molecule has 0 fully saturated rings. The molecule has 1 aliphatic rings. The van der Waals surface area contributed by atoms with E-state index in [-0.39, 0.29) is 11.9 Å². The van der Waals surface area contributed by atoms with Gasteiger partial charge in [0.2, 0.25) is 0 Å². The Hall–Kier alpha value is -0.460. The number of hydrogen-bond acceptors (Lipinski definition) is 4. The predicted octanol–water partition coefficient (Wildman–Crippen LogP) is 2.63. The normalized spacial score (nSPS) is 19.1. The van der Waals surface area contributed by atoms with E-state index in [9.17, 15) is 8.42 Å². The van der Waals surface area contributed by atoms with Crippen LogP contribution in [0, 0.1) is 0 Å². The van der Waals surface area contributed by atoms with Crippen LogP contribution in [0.4, 0.5) is 0 Å². The fraction of sp³-hybridized carbons (Fsp3) is 0.333. The Morgan fingerprint density at radius 1 is 1.56 bits per heavy atom. The molecule has 1 atom stereocenters. The Morgan fingerprint density at radius 3 is 2.88 bits per heavy atom. The van der Waals surface area contributed by atoms with Gasteiger partial charge in [-0.2, -0.15) is 8.42 Å². The molecular formula is C9H8BrClO4S. The first kappa shape index (κ1) is 12.0. The minimum Gasteiger partial charge on any atom is -0.486 e. The second-order valence-corrected chi connectivity index (χ2v) is 6.50. The maximum absolute atomic E-state index is 10.9. The molecular weight excluding hydrogens is 320 g/mol. The van der Waals surface area contributed by atoms with Gasteiger partial charge in [0.15, 0.2) is 11.5 Å². The molecule has 7 heteroatoms. The summed E-state index contributed by atoms with van der Waals surface area (Å²) in [5.41, 5.74) is 0.900. The van der Waals surface area contributed by atoms with Crippen LogP contribution in [0.1, 0.15) is 12.5 Å². The van der Waals surface area contributed by atoms with Crippen LogP contribution in [0.15, 0.2) is 16.6 Å². The molecule has 0 N–H and O–H groups in total. The number of fused-ring (bicyclic) bond motifs is 1. The number of halogens is 2. The van der Waals surface area contributed by atoms with E-state index >= 15 is 0 Å². The van der Waals surface area contributed by atoms with Crippen molar-refractivity contribution in [3.8, 4) is 11.5 Å². The van der Waals surface area contributed by atoms with E-state index in [0.717, 1.165) is 10.0 Å². The lowest BCUT2D eigenvalue weighted by atomic mass is 10.1. The minimum atomic E-state index is -4.06. The van der Waals surface area contributed by atoms with Gasteiger partial charge in [0, 0.05) is 22.5 Å². The van der Waals surface area contributed by atoms with Crippen LogP contribution in [-0.2, 0) is 15.8 Å². The van der Waals surface area contributed by atoms with E-state index in [1.165, 1.54) is 6.07 Å². The summed E-state index contributed by atoms with van der Waals surface area (Å²) in [4.78, 5) is 0. The van der Waals surface area contributed by atoms with Gasteiger partial charge in [-0.1, -0.05) is 15.9 Å². The van der Waals surface area contributed by atoms with Crippen molar-refractivity contribution in [1.82, 2.24) is 0 Å². The third-order valence-electron chi connectivity index (χ3n) is 2.11. The standard InChI is InChI=1S/C9H8BrClO4S/c1-5-2-6-3-7(10)4-8(9(6)14-5)15-16(11,12)13/h3-5H,2H2,1H3. The van der Waals surface area contributed by atoms with Gasteiger partial charge in [0.1, 0.15) is 6.10 Å². The summed E-state index contributed by atoms with van der Waals surface area (Å²) in [7, 11) is 0.976. The van der Waals surface area contributed by atoms with Crippen molar-refractivity contribution in [2.75, 3.05) is 0 Å². The first-order valence-electron chi connectivity index (χ1n) is 4.48. The molecule has 0 aromatic heterocycles. The van der Waals surface area contributed by atoms with Gasteiger partial charge in [-0.25, -0.2) is 0 Å². The van der Waals surface area contributed by atoms with E-state index in [1.54, 1.807) is 0 Å². The van der Waals surface area contributed by atoms with Crippen molar-refractivity contribution in [2.45, 2.75) is 19.4 Å². The SMILES string of the molecule is CC1Cc2cc(Br)cc(OS(=O)(=O)Cl)c2O1. The average Bonchev–Trinajstić information content (AvgIpc) is 2.42. The first-order chi connectivity index (χ1) is 7.35. The zero-order valence-corrected chi connectivity index (χ0v) is 11.4. The van der Waals surface area contributed by atoms with E-state index in [2.05, 4.69) is 20.1 Å². The topological polar surface area (TPSA) is 52.6 Å². The van der Waals surface area contributed by atoms with E-state index < -0.39 is 9.33 Å². The maximum atomic E-state index is 10.9. The highest BCUT2D eigenvalue weighted by molar-refractivity contribution is 9.10. The molecule has 0 saturated heterocycles.